The molecule has 28 heavy (non-hydrogen) atoms. The highest BCUT2D eigenvalue weighted by Crippen LogP contribution is 2.12. The van der Waals surface area contributed by atoms with E-state index in [0.717, 1.165) is 12.8 Å². The minimum Gasteiger partial charge on any atom is -0.0891 e. The molecule has 0 aromatic heterocycles. The van der Waals surface area contributed by atoms with Crippen molar-refractivity contribution in [3.63, 3.8) is 0 Å². The molecule has 0 aromatic rings. The third-order valence-electron chi connectivity index (χ3n) is 5.55. The van der Waals surface area contributed by atoms with Gasteiger partial charge in [-0.05, 0) is 24.7 Å². The number of hydrogen-bond acceptors (Lipinski definition) is 0. The summed E-state index contributed by atoms with van der Waals surface area (Å²) in [6.45, 7) is 4.57. The largest absolute Gasteiger partial charge is 0.0891 e. The summed E-state index contributed by atoms with van der Waals surface area (Å²) in [6, 6.07) is 0. The summed E-state index contributed by atoms with van der Waals surface area (Å²) in [5, 5.41) is 0. The number of rotatable bonds is 20. The molecule has 0 saturated heterocycles. The van der Waals surface area contributed by atoms with Crippen LogP contribution in [0, 0.1) is 23.7 Å². The van der Waals surface area contributed by atoms with Crippen molar-refractivity contribution in [3.05, 3.63) is 0 Å². The summed E-state index contributed by atoms with van der Waals surface area (Å²) in [5.41, 5.74) is 0. The SMILES string of the molecule is CCCCCCCCCCCC#CC#CCCCCCCCCCCCCC. The van der Waals surface area contributed by atoms with Crippen LogP contribution in [0.5, 0.6) is 0 Å². The number of unbranched alkanes of at least 4 members (excludes halogenated alkanes) is 20. The molecular weight excluding hydrogens is 336 g/mol. The maximum absolute atomic E-state index is 3.23. The van der Waals surface area contributed by atoms with Crippen molar-refractivity contribution in [2.45, 2.75) is 155 Å². The van der Waals surface area contributed by atoms with Crippen LogP contribution in [-0.2, 0) is 0 Å². The second-order valence-corrected chi connectivity index (χ2v) is 8.47. The lowest BCUT2D eigenvalue weighted by Crippen LogP contribution is -1.82. The van der Waals surface area contributed by atoms with Gasteiger partial charge in [0.2, 0.25) is 0 Å². The van der Waals surface area contributed by atoms with E-state index in [0.29, 0.717) is 0 Å². The Kier molecular flexibility index (Phi) is 25.3. The van der Waals surface area contributed by atoms with Crippen LogP contribution in [0.3, 0.4) is 0 Å². The topological polar surface area (TPSA) is 0 Å². The molecule has 0 heterocycles. The maximum Gasteiger partial charge on any atom is 0.00989 e. The Labute approximate surface area is 179 Å². The van der Waals surface area contributed by atoms with Crippen LogP contribution in [0.25, 0.3) is 0 Å². The third-order valence-corrected chi connectivity index (χ3v) is 5.55. The van der Waals surface area contributed by atoms with Crippen LogP contribution >= 0.6 is 0 Å². The first-order valence-corrected chi connectivity index (χ1v) is 12.9. The molecule has 162 valence electrons. The molecular formula is C28H50. The quantitative estimate of drug-likeness (QED) is 0.144. The van der Waals surface area contributed by atoms with Crippen molar-refractivity contribution in [2.24, 2.45) is 0 Å². The van der Waals surface area contributed by atoms with Crippen molar-refractivity contribution >= 4 is 0 Å². The van der Waals surface area contributed by atoms with Crippen LogP contribution in [0.2, 0.25) is 0 Å². The van der Waals surface area contributed by atoms with Crippen LogP contribution in [-0.4, -0.2) is 0 Å². The summed E-state index contributed by atoms with van der Waals surface area (Å²) in [4.78, 5) is 0. The van der Waals surface area contributed by atoms with E-state index in [1.165, 1.54) is 128 Å². The van der Waals surface area contributed by atoms with Crippen LogP contribution in [0.1, 0.15) is 155 Å². The van der Waals surface area contributed by atoms with E-state index < -0.39 is 0 Å². The standard InChI is InChI=1S/C28H50/c1-3-5-7-9-11-13-15-17-19-21-23-25-27-28-26-24-22-20-18-16-14-12-10-8-6-4-2/h3-23,25H2,1-2H3. The summed E-state index contributed by atoms with van der Waals surface area (Å²) < 4.78 is 0. The van der Waals surface area contributed by atoms with Gasteiger partial charge in [-0.1, -0.05) is 141 Å². The van der Waals surface area contributed by atoms with E-state index in [1.807, 2.05) is 0 Å². The van der Waals surface area contributed by atoms with E-state index >= 15 is 0 Å². The van der Waals surface area contributed by atoms with Crippen molar-refractivity contribution in [3.8, 4) is 23.7 Å². The van der Waals surface area contributed by atoms with Gasteiger partial charge in [-0.2, -0.15) is 0 Å². The molecule has 0 aliphatic rings. The monoisotopic (exact) mass is 386 g/mol. The first-order valence-electron chi connectivity index (χ1n) is 12.9. The van der Waals surface area contributed by atoms with Gasteiger partial charge >= 0.3 is 0 Å². The molecule has 0 aliphatic carbocycles. The van der Waals surface area contributed by atoms with Gasteiger partial charge in [0.1, 0.15) is 0 Å². The molecule has 0 heteroatoms. The highest BCUT2D eigenvalue weighted by molar-refractivity contribution is 5.25. The number of hydrogen-bond donors (Lipinski definition) is 0. The van der Waals surface area contributed by atoms with Crippen molar-refractivity contribution in [1.29, 1.82) is 0 Å². The van der Waals surface area contributed by atoms with Gasteiger partial charge in [-0.25, -0.2) is 0 Å². The van der Waals surface area contributed by atoms with Crippen molar-refractivity contribution < 1.29 is 0 Å². The van der Waals surface area contributed by atoms with Gasteiger partial charge in [0.05, 0.1) is 0 Å². The Morgan fingerprint density at radius 3 is 0.857 bits per heavy atom. The van der Waals surface area contributed by atoms with E-state index in [9.17, 15) is 0 Å². The lowest BCUT2D eigenvalue weighted by Gasteiger charge is -2.01. The maximum atomic E-state index is 3.23. The molecule has 0 saturated carbocycles. The van der Waals surface area contributed by atoms with Crippen LogP contribution in [0.4, 0.5) is 0 Å². The lowest BCUT2D eigenvalue weighted by atomic mass is 10.1. The molecule has 0 spiro atoms. The molecule has 0 unspecified atom stereocenters. The molecule has 0 aliphatic heterocycles. The average molecular weight is 387 g/mol. The van der Waals surface area contributed by atoms with Crippen molar-refractivity contribution in [1.82, 2.24) is 0 Å². The third kappa shape index (κ3) is 25.1. The zero-order valence-electron chi connectivity index (χ0n) is 19.6. The van der Waals surface area contributed by atoms with Crippen LogP contribution < -0.4 is 0 Å². The zero-order chi connectivity index (χ0) is 20.4. The van der Waals surface area contributed by atoms with Gasteiger partial charge < -0.3 is 0 Å². The molecule has 0 aromatic carbocycles. The molecule has 0 nitrogen and oxygen atoms in total. The summed E-state index contributed by atoms with van der Waals surface area (Å²) in [5.74, 6) is 12.5. The molecule has 0 rings (SSSR count). The fourth-order valence-corrected chi connectivity index (χ4v) is 3.62. The fraction of sp³-hybridized carbons (Fsp3) is 0.857. The van der Waals surface area contributed by atoms with Gasteiger partial charge in [0.25, 0.3) is 0 Å². The Balaban J connectivity index is 3.21. The first kappa shape index (κ1) is 27.1. The van der Waals surface area contributed by atoms with Gasteiger partial charge in [-0.15, -0.1) is 0 Å². The molecule has 0 N–H and O–H groups in total. The van der Waals surface area contributed by atoms with Gasteiger partial charge in [0, 0.05) is 12.8 Å². The average Bonchev–Trinajstić information content (AvgIpc) is 2.71. The second kappa shape index (κ2) is 26.1. The Morgan fingerprint density at radius 2 is 0.571 bits per heavy atom. The minimum atomic E-state index is 1.03. The second-order valence-electron chi connectivity index (χ2n) is 8.47. The Bertz CT molecular complexity index is 397. The molecule has 0 bridgehead atoms. The normalized spacial score (nSPS) is 10.2. The van der Waals surface area contributed by atoms with Crippen molar-refractivity contribution in [2.75, 3.05) is 0 Å². The lowest BCUT2D eigenvalue weighted by molar-refractivity contribution is 0.551. The summed E-state index contributed by atoms with van der Waals surface area (Å²) >= 11 is 0. The Hall–Kier alpha value is -0.880. The van der Waals surface area contributed by atoms with Gasteiger partial charge in [-0.3, -0.25) is 0 Å². The van der Waals surface area contributed by atoms with E-state index in [1.54, 1.807) is 0 Å². The van der Waals surface area contributed by atoms with E-state index in [-0.39, 0.29) is 0 Å². The molecule has 0 radical (unpaired) electrons. The van der Waals surface area contributed by atoms with E-state index in [4.69, 9.17) is 0 Å². The fourth-order valence-electron chi connectivity index (χ4n) is 3.62. The van der Waals surface area contributed by atoms with E-state index in [2.05, 4.69) is 37.5 Å². The highest BCUT2D eigenvalue weighted by Gasteiger charge is 1.93. The molecule has 0 atom stereocenters. The summed E-state index contributed by atoms with van der Waals surface area (Å²) in [6.07, 6.45) is 29.9. The summed E-state index contributed by atoms with van der Waals surface area (Å²) in [7, 11) is 0. The Morgan fingerprint density at radius 1 is 0.321 bits per heavy atom. The van der Waals surface area contributed by atoms with Gasteiger partial charge in [0.15, 0.2) is 0 Å². The zero-order valence-corrected chi connectivity index (χ0v) is 19.6. The predicted molar refractivity (Wildman–Crippen MR) is 128 cm³/mol. The molecule has 0 fully saturated rings. The smallest absolute Gasteiger partial charge is 0.00989 e. The molecule has 0 amide bonds. The predicted octanol–water partition coefficient (Wildman–Crippen LogP) is 9.62. The highest BCUT2D eigenvalue weighted by atomic mass is 14.0. The first-order chi connectivity index (χ1) is 13.9. The minimum absolute atomic E-state index is 1.03. The van der Waals surface area contributed by atoms with Crippen LogP contribution in [0.15, 0.2) is 0 Å².